The molecule has 5 heteroatoms. The Labute approximate surface area is 96.0 Å². The lowest BCUT2D eigenvalue weighted by atomic mass is 10.0. The van der Waals surface area contributed by atoms with Gasteiger partial charge < -0.3 is 10.0 Å². The van der Waals surface area contributed by atoms with Crippen molar-refractivity contribution in [3.8, 4) is 0 Å². The number of likely N-dealkylation sites (tertiary alicyclic amines) is 1. The van der Waals surface area contributed by atoms with Crippen LogP contribution in [-0.2, 0) is 9.59 Å². The van der Waals surface area contributed by atoms with Crippen LogP contribution in [0.1, 0.15) is 19.8 Å². The fourth-order valence-corrected chi connectivity index (χ4v) is 2.14. The van der Waals surface area contributed by atoms with E-state index in [1.807, 2.05) is 11.8 Å². The first kappa shape index (κ1) is 13.0. The van der Waals surface area contributed by atoms with Crippen molar-refractivity contribution in [2.75, 3.05) is 27.2 Å². The molecule has 16 heavy (non-hydrogen) atoms. The Kier molecular flexibility index (Phi) is 4.29. The van der Waals surface area contributed by atoms with Gasteiger partial charge in [-0.1, -0.05) is 6.92 Å². The summed E-state index contributed by atoms with van der Waals surface area (Å²) in [4.78, 5) is 25.9. The van der Waals surface area contributed by atoms with Crippen molar-refractivity contribution in [1.29, 1.82) is 0 Å². The van der Waals surface area contributed by atoms with E-state index in [2.05, 4.69) is 0 Å². The zero-order valence-electron chi connectivity index (χ0n) is 10.1. The molecule has 0 radical (unpaired) electrons. The molecule has 0 spiro atoms. The maximum absolute atomic E-state index is 11.4. The van der Waals surface area contributed by atoms with E-state index in [4.69, 9.17) is 5.11 Å². The normalized spacial score (nSPS) is 25.7. The first-order valence-electron chi connectivity index (χ1n) is 5.60. The predicted octanol–water partition coefficient (Wildman–Crippen LogP) is 0.260. The summed E-state index contributed by atoms with van der Waals surface area (Å²) in [7, 11) is 3.42. The lowest BCUT2D eigenvalue weighted by molar-refractivity contribution is -0.144. The fourth-order valence-electron chi connectivity index (χ4n) is 2.14. The van der Waals surface area contributed by atoms with E-state index in [0.717, 1.165) is 13.0 Å². The molecule has 0 saturated carbocycles. The quantitative estimate of drug-likeness (QED) is 0.749. The van der Waals surface area contributed by atoms with Gasteiger partial charge in [0, 0.05) is 27.1 Å². The van der Waals surface area contributed by atoms with Crippen molar-refractivity contribution >= 4 is 11.9 Å². The summed E-state index contributed by atoms with van der Waals surface area (Å²) in [5.41, 5.74) is 0. The van der Waals surface area contributed by atoms with Crippen molar-refractivity contribution in [3.63, 3.8) is 0 Å². The molecule has 1 fully saturated rings. The van der Waals surface area contributed by atoms with Gasteiger partial charge in [-0.2, -0.15) is 0 Å². The van der Waals surface area contributed by atoms with Gasteiger partial charge in [0.25, 0.3) is 0 Å². The summed E-state index contributed by atoms with van der Waals surface area (Å²) >= 11 is 0. The lowest BCUT2D eigenvalue weighted by Crippen LogP contribution is -2.40. The molecule has 5 nitrogen and oxygen atoms in total. The van der Waals surface area contributed by atoms with Crippen LogP contribution >= 0.6 is 0 Å². The molecule has 0 aliphatic carbocycles. The standard InChI is InChI=1S/C11H20N2O3/c1-8-4-6-13(10(8)11(15)16)7-5-9(14)12(2)3/h8,10H,4-7H2,1-3H3,(H,15,16). The second-order valence-electron chi connectivity index (χ2n) is 4.62. The van der Waals surface area contributed by atoms with Crippen LogP contribution in [-0.4, -0.2) is 60.0 Å². The zero-order chi connectivity index (χ0) is 12.3. The van der Waals surface area contributed by atoms with Crippen molar-refractivity contribution < 1.29 is 14.7 Å². The number of amides is 1. The Morgan fingerprint density at radius 3 is 2.56 bits per heavy atom. The summed E-state index contributed by atoms with van der Waals surface area (Å²) in [5.74, 6) is -0.557. The first-order valence-corrected chi connectivity index (χ1v) is 5.60. The van der Waals surface area contributed by atoms with Gasteiger partial charge in [-0.3, -0.25) is 14.5 Å². The highest BCUT2D eigenvalue weighted by atomic mass is 16.4. The van der Waals surface area contributed by atoms with Crippen LogP contribution in [0.25, 0.3) is 0 Å². The molecule has 1 aliphatic rings. The highest BCUT2D eigenvalue weighted by Gasteiger charge is 2.36. The van der Waals surface area contributed by atoms with Gasteiger partial charge in [-0.25, -0.2) is 0 Å². The van der Waals surface area contributed by atoms with Gasteiger partial charge in [-0.15, -0.1) is 0 Å². The maximum atomic E-state index is 11.4. The molecule has 1 heterocycles. The molecule has 1 saturated heterocycles. The van der Waals surface area contributed by atoms with Crippen LogP contribution in [0.15, 0.2) is 0 Å². The van der Waals surface area contributed by atoms with E-state index >= 15 is 0 Å². The van der Waals surface area contributed by atoms with Crippen molar-refractivity contribution in [2.45, 2.75) is 25.8 Å². The van der Waals surface area contributed by atoms with Gasteiger partial charge >= 0.3 is 5.97 Å². The third-order valence-electron chi connectivity index (χ3n) is 3.17. The maximum Gasteiger partial charge on any atom is 0.321 e. The summed E-state index contributed by atoms with van der Waals surface area (Å²) in [6.07, 6.45) is 1.29. The molecule has 2 unspecified atom stereocenters. The number of nitrogens with zero attached hydrogens (tertiary/aromatic N) is 2. The number of rotatable bonds is 4. The Morgan fingerprint density at radius 2 is 2.06 bits per heavy atom. The van der Waals surface area contributed by atoms with Crippen molar-refractivity contribution in [3.05, 3.63) is 0 Å². The lowest BCUT2D eigenvalue weighted by Gasteiger charge is -2.23. The van der Waals surface area contributed by atoms with Crippen LogP contribution in [0, 0.1) is 5.92 Å². The monoisotopic (exact) mass is 228 g/mol. The predicted molar refractivity (Wildman–Crippen MR) is 60.1 cm³/mol. The average Bonchev–Trinajstić information content (AvgIpc) is 2.55. The minimum atomic E-state index is -0.776. The van der Waals surface area contributed by atoms with Crippen LogP contribution in [0.3, 0.4) is 0 Å². The van der Waals surface area contributed by atoms with E-state index in [0.29, 0.717) is 13.0 Å². The van der Waals surface area contributed by atoms with E-state index in [1.54, 1.807) is 14.1 Å². The van der Waals surface area contributed by atoms with E-state index in [9.17, 15) is 9.59 Å². The van der Waals surface area contributed by atoms with Crippen LogP contribution in [0.2, 0.25) is 0 Å². The smallest absolute Gasteiger partial charge is 0.321 e. The van der Waals surface area contributed by atoms with E-state index in [-0.39, 0.29) is 11.8 Å². The van der Waals surface area contributed by atoms with Gasteiger partial charge in [0.2, 0.25) is 5.91 Å². The Bertz CT molecular complexity index is 278. The first-order chi connectivity index (χ1) is 7.43. The number of carboxylic acid groups (broad SMARTS) is 1. The average molecular weight is 228 g/mol. The molecular weight excluding hydrogens is 208 g/mol. The molecule has 1 N–H and O–H groups in total. The number of carbonyl (C=O) groups excluding carboxylic acids is 1. The molecule has 0 bridgehead atoms. The Hall–Kier alpha value is -1.10. The molecule has 1 amide bonds. The molecule has 1 aliphatic heterocycles. The van der Waals surface area contributed by atoms with Gasteiger partial charge in [0.1, 0.15) is 6.04 Å². The number of hydrogen-bond acceptors (Lipinski definition) is 3. The third kappa shape index (κ3) is 2.95. The molecule has 0 aromatic heterocycles. The van der Waals surface area contributed by atoms with Crippen LogP contribution in [0.5, 0.6) is 0 Å². The molecule has 2 atom stereocenters. The SMILES string of the molecule is CC1CCN(CCC(=O)N(C)C)C1C(=O)O. The highest BCUT2D eigenvalue weighted by Crippen LogP contribution is 2.24. The topological polar surface area (TPSA) is 60.9 Å². The minimum absolute atomic E-state index is 0.0451. The van der Waals surface area contributed by atoms with Gasteiger partial charge in [0.05, 0.1) is 0 Å². The van der Waals surface area contributed by atoms with E-state index < -0.39 is 12.0 Å². The zero-order valence-corrected chi connectivity index (χ0v) is 10.1. The van der Waals surface area contributed by atoms with Gasteiger partial charge in [-0.05, 0) is 18.9 Å². The van der Waals surface area contributed by atoms with E-state index in [1.165, 1.54) is 4.90 Å². The largest absolute Gasteiger partial charge is 0.480 e. The molecular formula is C11H20N2O3. The highest BCUT2D eigenvalue weighted by molar-refractivity contribution is 5.76. The van der Waals surface area contributed by atoms with Gasteiger partial charge in [0.15, 0.2) is 0 Å². The number of carbonyl (C=O) groups is 2. The summed E-state index contributed by atoms with van der Waals surface area (Å²) < 4.78 is 0. The molecule has 92 valence electrons. The molecule has 0 aromatic rings. The summed E-state index contributed by atoms with van der Waals surface area (Å²) in [6, 6.07) is -0.421. The summed E-state index contributed by atoms with van der Waals surface area (Å²) in [5, 5.41) is 9.09. The molecule has 1 rings (SSSR count). The molecule has 0 aromatic carbocycles. The Morgan fingerprint density at radius 1 is 1.44 bits per heavy atom. The minimum Gasteiger partial charge on any atom is -0.480 e. The second kappa shape index (κ2) is 5.30. The van der Waals surface area contributed by atoms with Crippen molar-refractivity contribution in [2.24, 2.45) is 5.92 Å². The Balaban J connectivity index is 2.48. The van der Waals surface area contributed by atoms with Crippen molar-refractivity contribution in [1.82, 2.24) is 9.80 Å². The number of carboxylic acids is 1. The fraction of sp³-hybridized carbons (Fsp3) is 0.818. The number of aliphatic carboxylic acids is 1. The number of hydrogen-bond donors (Lipinski definition) is 1. The third-order valence-corrected chi connectivity index (χ3v) is 3.17. The summed E-state index contributed by atoms with van der Waals surface area (Å²) in [6.45, 7) is 3.27. The second-order valence-corrected chi connectivity index (χ2v) is 4.62. The van der Waals surface area contributed by atoms with Crippen LogP contribution in [0.4, 0.5) is 0 Å². The van der Waals surface area contributed by atoms with Crippen LogP contribution < -0.4 is 0 Å².